The molecular formula is C16H19NO2. The molecule has 0 aliphatic heterocycles. The van der Waals surface area contributed by atoms with E-state index in [2.05, 4.69) is 24.0 Å². The molecule has 0 aliphatic rings. The second kappa shape index (κ2) is 5.83. The fourth-order valence-electron chi connectivity index (χ4n) is 2.19. The average Bonchev–Trinajstić information content (AvgIpc) is 2.44. The molecule has 1 aromatic heterocycles. The Kier molecular flexibility index (Phi) is 4.15. The standard InChI is InChI=1S/C16H19NO2/c1-4-5-6-12-7-8-14-13(10-12)11(2)9-15(17-14)16(18)19-3/h7-10H,4-6H2,1-3H3. The van der Waals surface area contributed by atoms with Gasteiger partial charge in [-0.15, -0.1) is 0 Å². The highest BCUT2D eigenvalue weighted by atomic mass is 16.5. The monoisotopic (exact) mass is 257 g/mol. The van der Waals surface area contributed by atoms with Crippen molar-refractivity contribution in [2.24, 2.45) is 0 Å². The van der Waals surface area contributed by atoms with E-state index in [0.29, 0.717) is 5.69 Å². The van der Waals surface area contributed by atoms with Gasteiger partial charge in [0.25, 0.3) is 0 Å². The van der Waals surface area contributed by atoms with Gasteiger partial charge in [0.15, 0.2) is 0 Å². The van der Waals surface area contributed by atoms with Crippen LogP contribution in [0.25, 0.3) is 10.9 Å². The zero-order chi connectivity index (χ0) is 13.8. The van der Waals surface area contributed by atoms with Crippen LogP contribution in [0, 0.1) is 6.92 Å². The minimum absolute atomic E-state index is 0.369. The Hall–Kier alpha value is -1.90. The van der Waals surface area contributed by atoms with Gasteiger partial charge in [0.05, 0.1) is 12.6 Å². The Bertz CT molecular complexity index is 605. The lowest BCUT2D eigenvalue weighted by Crippen LogP contribution is -2.05. The van der Waals surface area contributed by atoms with Crippen LogP contribution >= 0.6 is 0 Å². The maximum atomic E-state index is 11.5. The summed E-state index contributed by atoms with van der Waals surface area (Å²) < 4.78 is 4.72. The van der Waals surface area contributed by atoms with Crippen molar-refractivity contribution in [3.8, 4) is 0 Å². The number of aryl methyl sites for hydroxylation is 2. The molecule has 2 rings (SSSR count). The van der Waals surface area contributed by atoms with E-state index in [1.165, 1.54) is 25.5 Å². The minimum atomic E-state index is -0.389. The van der Waals surface area contributed by atoms with Gasteiger partial charge in [-0.05, 0) is 49.1 Å². The molecular weight excluding hydrogens is 238 g/mol. The van der Waals surface area contributed by atoms with Crippen LogP contribution in [0.3, 0.4) is 0 Å². The van der Waals surface area contributed by atoms with E-state index < -0.39 is 0 Å². The largest absolute Gasteiger partial charge is 0.464 e. The number of benzene rings is 1. The summed E-state index contributed by atoms with van der Waals surface area (Å²) in [7, 11) is 1.37. The summed E-state index contributed by atoms with van der Waals surface area (Å²) >= 11 is 0. The van der Waals surface area contributed by atoms with Crippen LogP contribution in [0.2, 0.25) is 0 Å². The first kappa shape index (κ1) is 13.5. The van der Waals surface area contributed by atoms with Crippen LogP contribution in [0.5, 0.6) is 0 Å². The Labute approximate surface area is 113 Å². The highest BCUT2D eigenvalue weighted by Crippen LogP contribution is 2.21. The second-order valence-corrected chi connectivity index (χ2v) is 4.77. The molecule has 0 saturated carbocycles. The van der Waals surface area contributed by atoms with Crippen molar-refractivity contribution in [3.05, 3.63) is 41.1 Å². The van der Waals surface area contributed by atoms with Gasteiger partial charge in [0, 0.05) is 5.39 Å². The highest BCUT2D eigenvalue weighted by Gasteiger charge is 2.10. The Balaban J connectivity index is 2.44. The second-order valence-electron chi connectivity index (χ2n) is 4.77. The number of pyridine rings is 1. The van der Waals surface area contributed by atoms with Crippen molar-refractivity contribution < 1.29 is 9.53 Å². The zero-order valence-corrected chi connectivity index (χ0v) is 11.7. The van der Waals surface area contributed by atoms with Gasteiger partial charge in [0.1, 0.15) is 5.69 Å². The number of hydrogen-bond acceptors (Lipinski definition) is 3. The van der Waals surface area contributed by atoms with Gasteiger partial charge in [-0.1, -0.05) is 19.4 Å². The molecule has 0 aliphatic carbocycles. The molecule has 3 heteroatoms. The number of ether oxygens (including phenoxy) is 1. The van der Waals surface area contributed by atoms with Gasteiger partial charge < -0.3 is 4.74 Å². The molecule has 0 fully saturated rings. The molecule has 100 valence electrons. The number of nitrogens with zero attached hydrogens (tertiary/aromatic N) is 1. The quantitative estimate of drug-likeness (QED) is 0.784. The molecule has 2 aromatic rings. The maximum Gasteiger partial charge on any atom is 0.356 e. The summed E-state index contributed by atoms with van der Waals surface area (Å²) in [6.45, 7) is 4.19. The normalized spacial score (nSPS) is 10.7. The number of esters is 1. The predicted octanol–water partition coefficient (Wildman–Crippen LogP) is 3.67. The lowest BCUT2D eigenvalue weighted by atomic mass is 10.0. The topological polar surface area (TPSA) is 39.2 Å². The van der Waals surface area contributed by atoms with Crippen LogP contribution in [0.4, 0.5) is 0 Å². The first-order valence-corrected chi connectivity index (χ1v) is 6.64. The van der Waals surface area contributed by atoms with E-state index in [1.807, 2.05) is 13.0 Å². The smallest absolute Gasteiger partial charge is 0.356 e. The van der Waals surface area contributed by atoms with E-state index in [4.69, 9.17) is 4.74 Å². The number of hydrogen-bond donors (Lipinski definition) is 0. The first-order valence-electron chi connectivity index (χ1n) is 6.64. The van der Waals surface area contributed by atoms with Crippen LogP contribution in [0.1, 0.15) is 41.4 Å². The number of carbonyl (C=O) groups excluding carboxylic acids is 1. The van der Waals surface area contributed by atoms with E-state index in [9.17, 15) is 4.79 Å². The molecule has 0 bridgehead atoms. The SMILES string of the molecule is CCCCc1ccc2nc(C(=O)OC)cc(C)c2c1. The van der Waals surface area contributed by atoms with Crippen LogP contribution < -0.4 is 0 Å². The number of unbranched alkanes of at least 4 members (excludes halogenated alkanes) is 1. The summed E-state index contributed by atoms with van der Waals surface area (Å²) in [6, 6.07) is 8.04. The Morgan fingerprint density at radius 1 is 1.32 bits per heavy atom. The summed E-state index contributed by atoms with van der Waals surface area (Å²) in [4.78, 5) is 15.9. The number of fused-ring (bicyclic) bond motifs is 1. The number of carbonyl (C=O) groups is 1. The third kappa shape index (κ3) is 2.92. The summed E-state index contributed by atoms with van der Waals surface area (Å²) in [6.07, 6.45) is 3.47. The molecule has 0 unspecified atom stereocenters. The Morgan fingerprint density at radius 3 is 2.79 bits per heavy atom. The molecule has 0 N–H and O–H groups in total. The molecule has 0 atom stereocenters. The van der Waals surface area contributed by atoms with Crippen molar-refractivity contribution in [2.45, 2.75) is 33.1 Å². The average molecular weight is 257 g/mol. The first-order chi connectivity index (χ1) is 9.15. The zero-order valence-electron chi connectivity index (χ0n) is 11.7. The predicted molar refractivity (Wildman–Crippen MR) is 76.4 cm³/mol. The molecule has 0 amide bonds. The summed E-state index contributed by atoms with van der Waals surface area (Å²) in [5, 5.41) is 1.11. The fraction of sp³-hybridized carbons (Fsp3) is 0.375. The van der Waals surface area contributed by atoms with Gasteiger partial charge in [-0.25, -0.2) is 9.78 Å². The number of aromatic nitrogens is 1. The van der Waals surface area contributed by atoms with Crippen molar-refractivity contribution in [3.63, 3.8) is 0 Å². The molecule has 0 saturated heterocycles. The molecule has 19 heavy (non-hydrogen) atoms. The molecule has 0 radical (unpaired) electrons. The summed E-state index contributed by atoms with van der Waals surface area (Å²) in [5.41, 5.74) is 3.60. The number of methoxy groups -OCH3 is 1. The van der Waals surface area contributed by atoms with Gasteiger partial charge >= 0.3 is 5.97 Å². The van der Waals surface area contributed by atoms with Gasteiger partial charge in [0.2, 0.25) is 0 Å². The Morgan fingerprint density at radius 2 is 2.11 bits per heavy atom. The lowest BCUT2D eigenvalue weighted by Gasteiger charge is -2.07. The van der Waals surface area contributed by atoms with Crippen molar-refractivity contribution in [1.29, 1.82) is 0 Å². The van der Waals surface area contributed by atoms with Crippen molar-refractivity contribution >= 4 is 16.9 Å². The van der Waals surface area contributed by atoms with Crippen molar-refractivity contribution in [1.82, 2.24) is 4.98 Å². The lowest BCUT2D eigenvalue weighted by molar-refractivity contribution is 0.0594. The van der Waals surface area contributed by atoms with Crippen LogP contribution in [-0.4, -0.2) is 18.1 Å². The molecule has 1 heterocycles. The maximum absolute atomic E-state index is 11.5. The minimum Gasteiger partial charge on any atom is -0.464 e. The van der Waals surface area contributed by atoms with Gasteiger partial charge in [-0.2, -0.15) is 0 Å². The van der Waals surface area contributed by atoms with E-state index in [1.54, 1.807) is 6.07 Å². The van der Waals surface area contributed by atoms with E-state index >= 15 is 0 Å². The van der Waals surface area contributed by atoms with Crippen LogP contribution in [0.15, 0.2) is 24.3 Å². The highest BCUT2D eigenvalue weighted by molar-refractivity contribution is 5.92. The van der Waals surface area contributed by atoms with E-state index in [-0.39, 0.29) is 5.97 Å². The van der Waals surface area contributed by atoms with Crippen molar-refractivity contribution in [2.75, 3.05) is 7.11 Å². The third-order valence-corrected chi connectivity index (χ3v) is 3.29. The third-order valence-electron chi connectivity index (χ3n) is 3.29. The molecule has 3 nitrogen and oxygen atoms in total. The van der Waals surface area contributed by atoms with E-state index in [0.717, 1.165) is 22.9 Å². The molecule has 1 aromatic carbocycles. The van der Waals surface area contributed by atoms with Crippen LogP contribution in [-0.2, 0) is 11.2 Å². The molecule has 0 spiro atoms. The summed E-state index contributed by atoms with van der Waals surface area (Å²) in [5.74, 6) is -0.389. The number of rotatable bonds is 4. The fourth-order valence-corrected chi connectivity index (χ4v) is 2.19. The van der Waals surface area contributed by atoms with Gasteiger partial charge in [-0.3, -0.25) is 0 Å².